The van der Waals surface area contributed by atoms with Gasteiger partial charge in [0.1, 0.15) is 23.2 Å². The van der Waals surface area contributed by atoms with Crippen LogP contribution in [0.2, 0.25) is 0 Å². The second-order valence-electron chi connectivity index (χ2n) is 23.2. The molecule has 10 heterocycles. The fraction of sp³-hybridized carbons (Fsp3) is 0.661. The molecule has 6 saturated heterocycles. The number of nitrogens with zero attached hydrogens (tertiary/aromatic N) is 7. The lowest BCUT2D eigenvalue weighted by atomic mass is 9.73. The number of carbonyl (C=O) groups is 3. The number of ether oxygens (including phenoxy) is 6. The topological polar surface area (TPSA) is 174 Å². The van der Waals surface area contributed by atoms with Crippen LogP contribution < -0.4 is 15.6 Å². The summed E-state index contributed by atoms with van der Waals surface area (Å²) in [5.41, 5.74) is 10.7. The number of piperazine rings is 1. The van der Waals surface area contributed by atoms with Gasteiger partial charge < -0.3 is 43.2 Å². The van der Waals surface area contributed by atoms with Gasteiger partial charge in [0.05, 0.1) is 80.3 Å². The largest absolute Gasteiger partial charge is 0.464 e. The number of thiazole rings is 1. The lowest BCUT2D eigenvalue weighted by Gasteiger charge is -2.53. The van der Waals surface area contributed by atoms with Crippen molar-refractivity contribution in [1.82, 2.24) is 40.1 Å². The van der Waals surface area contributed by atoms with Gasteiger partial charge >= 0.3 is 5.97 Å². The maximum absolute atomic E-state index is 15.3. The number of hydrazine groups is 1. The zero-order valence-corrected chi connectivity index (χ0v) is 45.1. The third-order valence-electron chi connectivity index (χ3n) is 17.4. The molecule has 75 heavy (non-hydrogen) atoms. The maximum Gasteiger partial charge on any atom is 0.325 e. The molecule has 2 saturated carbocycles. The van der Waals surface area contributed by atoms with Crippen LogP contribution in [0.15, 0.2) is 35.8 Å². The maximum atomic E-state index is 15.3. The van der Waals surface area contributed by atoms with Crippen molar-refractivity contribution >= 4 is 45.7 Å². The molecular formula is C56H75N9O9S. The Hall–Kier alpha value is -4.57. The fourth-order valence-electron chi connectivity index (χ4n) is 12.7. The van der Waals surface area contributed by atoms with E-state index in [-0.39, 0.29) is 54.5 Å². The normalized spacial score (nSPS) is 29.3. The van der Waals surface area contributed by atoms with E-state index in [4.69, 9.17) is 38.4 Å². The van der Waals surface area contributed by atoms with Gasteiger partial charge in [0.2, 0.25) is 5.91 Å². The van der Waals surface area contributed by atoms with Crippen LogP contribution in [0.25, 0.3) is 33.4 Å². The summed E-state index contributed by atoms with van der Waals surface area (Å²) in [6, 6.07) is 7.13. The van der Waals surface area contributed by atoms with E-state index in [1.54, 1.807) is 12.1 Å². The lowest BCUT2D eigenvalue weighted by molar-refractivity contribution is -0.174. The zero-order valence-electron chi connectivity index (χ0n) is 44.3. The van der Waals surface area contributed by atoms with E-state index in [1.807, 2.05) is 13.1 Å². The predicted octanol–water partition coefficient (Wildman–Crippen LogP) is 5.53. The van der Waals surface area contributed by atoms with Crippen LogP contribution in [0.5, 0.6) is 0 Å². The Morgan fingerprint density at radius 1 is 0.973 bits per heavy atom. The first kappa shape index (κ1) is 51.2. The van der Waals surface area contributed by atoms with Crippen LogP contribution in [0.4, 0.5) is 5.69 Å². The monoisotopic (exact) mass is 1050 g/mol. The summed E-state index contributed by atoms with van der Waals surface area (Å²) in [6.07, 6.45) is 7.37. The summed E-state index contributed by atoms with van der Waals surface area (Å²) >= 11 is 1.50. The summed E-state index contributed by atoms with van der Waals surface area (Å²) < 4.78 is 39.0. The number of aromatic nitrogens is 3. The van der Waals surface area contributed by atoms with Gasteiger partial charge in [0.15, 0.2) is 0 Å². The molecule has 9 aliphatic rings. The van der Waals surface area contributed by atoms with Crippen LogP contribution in [0, 0.1) is 17.3 Å². The molecule has 404 valence electrons. The Kier molecular flexibility index (Phi) is 14.6. The molecule has 18 nitrogen and oxygen atoms in total. The minimum absolute atomic E-state index is 0.00848. The Morgan fingerprint density at radius 3 is 2.47 bits per heavy atom. The fourth-order valence-corrected chi connectivity index (χ4v) is 13.6. The quantitative estimate of drug-likeness (QED) is 0.170. The highest BCUT2D eigenvalue weighted by atomic mass is 32.1. The van der Waals surface area contributed by atoms with E-state index >= 15 is 4.79 Å². The molecule has 2 amide bonds. The van der Waals surface area contributed by atoms with E-state index < -0.39 is 29.6 Å². The second-order valence-corrected chi connectivity index (χ2v) is 24.1. The van der Waals surface area contributed by atoms with Crippen molar-refractivity contribution in [3.63, 3.8) is 0 Å². The van der Waals surface area contributed by atoms with Crippen LogP contribution in [-0.2, 0) is 55.8 Å². The molecule has 19 heteroatoms. The van der Waals surface area contributed by atoms with E-state index in [1.165, 1.54) is 24.2 Å². The summed E-state index contributed by atoms with van der Waals surface area (Å²) in [6.45, 7) is 17.4. The van der Waals surface area contributed by atoms with Crippen molar-refractivity contribution in [1.29, 1.82) is 0 Å². The molecular weight excluding hydrogens is 975 g/mol. The summed E-state index contributed by atoms with van der Waals surface area (Å²) in [4.78, 5) is 62.1. The summed E-state index contributed by atoms with van der Waals surface area (Å²) in [5.74, 6) is -1.01. The molecule has 2 aliphatic carbocycles. The number of carbonyl (C=O) groups excluding carboxylic acids is 3. The van der Waals surface area contributed by atoms with Crippen LogP contribution in [-0.4, -0.2) is 176 Å². The Balaban J connectivity index is 1.01. The van der Waals surface area contributed by atoms with Crippen LogP contribution in [0.1, 0.15) is 94.6 Å². The number of amides is 2. The number of anilines is 1. The molecule has 0 unspecified atom stereocenters. The average Bonchev–Trinajstić information content (AvgIpc) is 4.13. The molecule has 8 bridgehead atoms. The molecule has 1 aromatic carbocycles. The van der Waals surface area contributed by atoms with Crippen molar-refractivity contribution < 1.29 is 42.8 Å². The standard InChI is InChI=1S/C56H75N9O9S/c1-33-30-73-51(33)52(66)59-48-50(63-16-21-71-22-17-63)53-58-44(31-75-53)35-6-9-45-41(26-35)43(28-56(3,4)32-74-55(68)47-36-24-38(25-36)65(60-47)54(48)67)49(64(45)18-23-72-40-10-19-70-20-11-40)42-27-39(29-57-46(42)34(2)69-5)62-14-12-61(13-15-62)37-7-8-37/h6,9,26-27,29,31,33-34,36-38,40,47-48,50-51,60H,7-8,10-25,28,30,32H2,1-5H3,(H,59,66)/t33-,34-,36?,38?,47-,48-,50-,51-/m0/s1. The number of pyridine rings is 1. The SMILES string of the molecule is CO[C@@H](C)c1ncc(N2CCN(C3CC3)CC2)cc1-c1c2c3cc(ccc3n1CCOC1CCOCC1)-c1csc(n1)[C@@H](N1CCOCC1)[C@H](NC(=O)[C@H]1OC[C@@H]1C)C(=O)N1N[C@H](C(=O)OCC(C)(C)C2)C2CC1C2. The number of hydrogen-bond acceptors (Lipinski definition) is 16. The third-order valence-corrected chi connectivity index (χ3v) is 18.3. The van der Waals surface area contributed by atoms with Crippen molar-refractivity contribution in [3.8, 4) is 22.5 Å². The van der Waals surface area contributed by atoms with Crippen LogP contribution in [0.3, 0.4) is 0 Å². The zero-order chi connectivity index (χ0) is 51.5. The molecule has 6 atom stereocenters. The number of cyclic esters (lactones) is 1. The highest BCUT2D eigenvalue weighted by Crippen LogP contribution is 2.45. The van der Waals surface area contributed by atoms with E-state index in [9.17, 15) is 9.59 Å². The lowest BCUT2D eigenvalue weighted by Crippen LogP contribution is -2.72. The highest BCUT2D eigenvalue weighted by molar-refractivity contribution is 7.10. The van der Waals surface area contributed by atoms with Gasteiger partial charge in [0.25, 0.3) is 5.91 Å². The van der Waals surface area contributed by atoms with E-state index in [0.29, 0.717) is 83.5 Å². The minimum atomic E-state index is -1.05. The number of fused-ring (bicyclic) bond motifs is 4. The first-order chi connectivity index (χ1) is 36.4. The predicted molar refractivity (Wildman–Crippen MR) is 283 cm³/mol. The molecule has 13 rings (SSSR count). The summed E-state index contributed by atoms with van der Waals surface area (Å²) in [7, 11) is 1.74. The van der Waals surface area contributed by atoms with Crippen molar-refractivity contribution in [2.75, 3.05) is 97.5 Å². The minimum Gasteiger partial charge on any atom is -0.464 e. The third kappa shape index (κ3) is 10.3. The molecule has 3 aromatic heterocycles. The van der Waals surface area contributed by atoms with Crippen molar-refractivity contribution in [2.45, 2.75) is 128 Å². The second kappa shape index (κ2) is 21.3. The number of methoxy groups -OCH3 is 1. The first-order valence-corrected chi connectivity index (χ1v) is 28.6. The number of hydrogen-bond donors (Lipinski definition) is 2. The number of rotatable bonds is 12. The molecule has 2 N–H and O–H groups in total. The Labute approximate surface area is 444 Å². The number of nitrogens with one attached hydrogen (secondary N) is 2. The van der Waals surface area contributed by atoms with Gasteiger partial charge in [-0.05, 0) is 81.5 Å². The van der Waals surface area contributed by atoms with Crippen molar-refractivity contribution in [3.05, 3.63) is 52.1 Å². The molecule has 7 aliphatic heterocycles. The van der Waals surface area contributed by atoms with Gasteiger partial charge in [-0.1, -0.05) is 26.8 Å². The molecule has 0 radical (unpaired) electrons. The molecule has 0 spiro atoms. The van der Waals surface area contributed by atoms with Gasteiger partial charge in [0, 0.05) is 117 Å². The summed E-state index contributed by atoms with van der Waals surface area (Å²) in [5, 5.41) is 8.66. The smallest absolute Gasteiger partial charge is 0.325 e. The average molecular weight is 1050 g/mol. The van der Waals surface area contributed by atoms with Gasteiger partial charge in [-0.2, -0.15) is 0 Å². The Morgan fingerprint density at radius 2 is 1.75 bits per heavy atom. The van der Waals surface area contributed by atoms with Gasteiger partial charge in [-0.15, -0.1) is 11.3 Å². The number of esters is 1. The molecule has 4 aromatic rings. The van der Waals surface area contributed by atoms with Crippen molar-refractivity contribution in [2.24, 2.45) is 17.3 Å². The van der Waals surface area contributed by atoms with Gasteiger partial charge in [-0.3, -0.25) is 34.2 Å². The molecule has 8 fully saturated rings. The van der Waals surface area contributed by atoms with Crippen LogP contribution >= 0.6 is 11.3 Å². The van der Waals surface area contributed by atoms with Gasteiger partial charge in [-0.25, -0.2) is 10.4 Å². The van der Waals surface area contributed by atoms with E-state index in [0.717, 1.165) is 95.4 Å². The number of benzene rings is 1. The Bertz CT molecular complexity index is 2740. The number of morpholine rings is 1. The highest BCUT2D eigenvalue weighted by Gasteiger charge is 2.53. The van der Waals surface area contributed by atoms with E-state index in [2.05, 4.69) is 80.4 Å². The first-order valence-electron chi connectivity index (χ1n) is 27.7.